The Morgan fingerprint density at radius 2 is 1.59 bits per heavy atom. The largest absolute Gasteiger partial charge is 0.454 e. The molecule has 1 N–H and O–H groups in total. The van der Waals surface area contributed by atoms with Crippen LogP contribution in [0.2, 0.25) is 0 Å². The number of carbonyl (C=O) groups is 1. The van der Waals surface area contributed by atoms with Crippen molar-refractivity contribution in [1.82, 2.24) is 5.32 Å². The Bertz CT molecular complexity index is 958. The molecule has 3 rings (SSSR count). The van der Waals surface area contributed by atoms with Crippen molar-refractivity contribution in [3.05, 3.63) is 59.2 Å². The Hall–Kier alpha value is -2.95. The lowest BCUT2D eigenvalue weighted by molar-refractivity contribution is -0.274. The second-order valence-corrected chi connectivity index (χ2v) is 7.07. The lowest BCUT2D eigenvalue weighted by Crippen LogP contribution is -2.52. The Morgan fingerprint density at radius 1 is 0.969 bits per heavy atom. The molecule has 0 aliphatic carbocycles. The summed E-state index contributed by atoms with van der Waals surface area (Å²) in [5.41, 5.74) is -3.50. The molecule has 1 aliphatic rings. The molecule has 2 aromatic carbocycles. The van der Waals surface area contributed by atoms with E-state index in [1.165, 1.54) is 24.3 Å². The van der Waals surface area contributed by atoms with Gasteiger partial charge in [0.1, 0.15) is 0 Å². The molecule has 2 aromatic rings. The van der Waals surface area contributed by atoms with Gasteiger partial charge in [-0.25, -0.2) is 0 Å². The van der Waals surface area contributed by atoms with E-state index >= 15 is 0 Å². The fourth-order valence-electron chi connectivity index (χ4n) is 3.25. The van der Waals surface area contributed by atoms with Crippen molar-refractivity contribution in [3.63, 3.8) is 0 Å². The average Bonchev–Trinajstić information content (AvgIpc) is 3.20. The number of ether oxygens (including phenoxy) is 3. The molecular weight excluding hydrogens is 444 g/mol. The van der Waals surface area contributed by atoms with Crippen LogP contribution in [0.3, 0.4) is 0 Å². The summed E-state index contributed by atoms with van der Waals surface area (Å²) in [5.74, 6) is -0.292. The Balaban J connectivity index is 1.68. The predicted molar refractivity (Wildman–Crippen MR) is 100 cm³/mol. The minimum atomic E-state index is -4.88. The van der Waals surface area contributed by atoms with E-state index in [4.69, 9.17) is 14.2 Å². The monoisotopic (exact) mass is 463 g/mol. The van der Waals surface area contributed by atoms with Crippen LogP contribution in [-0.2, 0) is 27.7 Å². The second-order valence-electron chi connectivity index (χ2n) is 7.07. The molecule has 5 nitrogen and oxygen atoms in total. The summed E-state index contributed by atoms with van der Waals surface area (Å²) in [4.78, 5) is 12.2. The van der Waals surface area contributed by atoms with Gasteiger partial charge in [-0.1, -0.05) is 18.2 Å². The summed E-state index contributed by atoms with van der Waals surface area (Å²) < 4.78 is 94.9. The molecule has 1 unspecified atom stereocenters. The molecule has 0 saturated heterocycles. The maximum Gasteiger partial charge on any atom is 0.423 e. The highest BCUT2D eigenvalue weighted by atomic mass is 19.4. The van der Waals surface area contributed by atoms with Gasteiger partial charge in [-0.2, -0.15) is 26.3 Å². The van der Waals surface area contributed by atoms with Gasteiger partial charge < -0.3 is 19.5 Å². The van der Waals surface area contributed by atoms with E-state index in [2.05, 4.69) is 5.32 Å². The van der Waals surface area contributed by atoms with Crippen molar-refractivity contribution >= 4 is 5.91 Å². The fourth-order valence-corrected chi connectivity index (χ4v) is 3.25. The molecule has 0 radical (unpaired) electrons. The molecule has 0 saturated carbocycles. The standard InChI is InChI=1S/C21H19F6NO4/c1-30-19(21(25,26)27,15-7-8-16-17(10-15)32-12-31-16)11-28-18(29)9-4-13-2-5-14(6-3-13)20(22,23)24/h2-3,5-8,10H,4,9,11-12H2,1H3,(H,28,29). The summed E-state index contributed by atoms with van der Waals surface area (Å²) in [6.45, 7) is -1.02. The van der Waals surface area contributed by atoms with Crippen LogP contribution in [0.15, 0.2) is 42.5 Å². The van der Waals surface area contributed by atoms with Gasteiger partial charge in [0.15, 0.2) is 11.5 Å². The number of hydrogen-bond acceptors (Lipinski definition) is 4. The van der Waals surface area contributed by atoms with Crippen molar-refractivity contribution in [2.45, 2.75) is 30.8 Å². The van der Waals surface area contributed by atoms with Gasteiger partial charge in [0.25, 0.3) is 0 Å². The summed E-state index contributed by atoms with van der Waals surface area (Å²) in [7, 11) is 0.881. The molecular formula is C21H19F6NO4. The smallest absolute Gasteiger partial charge is 0.423 e. The van der Waals surface area contributed by atoms with E-state index in [0.717, 1.165) is 25.3 Å². The summed E-state index contributed by atoms with van der Waals surface area (Å²) in [5, 5.41) is 2.22. The number of benzene rings is 2. The quantitative estimate of drug-likeness (QED) is 0.611. The Morgan fingerprint density at radius 3 is 2.19 bits per heavy atom. The van der Waals surface area contributed by atoms with Crippen LogP contribution in [-0.4, -0.2) is 32.5 Å². The number of methoxy groups -OCH3 is 1. The fraction of sp³-hybridized carbons (Fsp3) is 0.381. The van der Waals surface area contributed by atoms with Crippen LogP contribution in [0.1, 0.15) is 23.1 Å². The molecule has 1 aliphatic heterocycles. The van der Waals surface area contributed by atoms with Gasteiger partial charge in [0, 0.05) is 13.5 Å². The maximum atomic E-state index is 14.0. The topological polar surface area (TPSA) is 56.8 Å². The van der Waals surface area contributed by atoms with Gasteiger partial charge in [0.2, 0.25) is 18.3 Å². The van der Waals surface area contributed by atoms with E-state index < -0.39 is 36.0 Å². The van der Waals surface area contributed by atoms with Gasteiger partial charge >= 0.3 is 12.4 Å². The lowest BCUT2D eigenvalue weighted by Gasteiger charge is -2.35. The minimum Gasteiger partial charge on any atom is -0.454 e. The molecule has 1 amide bonds. The van der Waals surface area contributed by atoms with Gasteiger partial charge in [-0.15, -0.1) is 0 Å². The van der Waals surface area contributed by atoms with Gasteiger partial charge in [-0.3, -0.25) is 4.79 Å². The SMILES string of the molecule is COC(CNC(=O)CCc1ccc(C(F)(F)F)cc1)(c1ccc2c(c1)OCO2)C(F)(F)F. The van der Waals surface area contributed by atoms with Crippen molar-refractivity contribution in [1.29, 1.82) is 0 Å². The maximum absolute atomic E-state index is 14.0. The lowest BCUT2D eigenvalue weighted by atomic mass is 9.92. The number of amides is 1. The first-order valence-electron chi connectivity index (χ1n) is 9.41. The zero-order valence-corrected chi connectivity index (χ0v) is 16.8. The van der Waals surface area contributed by atoms with Crippen LogP contribution in [0.5, 0.6) is 11.5 Å². The van der Waals surface area contributed by atoms with Gasteiger partial charge in [0.05, 0.1) is 12.1 Å². The zero-order valence-electron chi connectivity index (χ0n) is 16.8. The highest BCUT2D eigenvalue weighted by Crippen LogP contribution is 2.44. The summed E-state index contributed by atoms with van der Waals surface area (Å²) in [6.07, 6.45) is -9.52. The minimum absolute atomic E-state index is 0.0556. The highest BCUT2D eigenvalue weighted by molar-refractivity contribution is 5.76. The molecule has 0 aromatic heterocycles. The van der Waals surface area contributed by atoms with E-state index in [1.807, 2.05) is 0 Å². The first kappa shape index (κ1) is 23.7. The van der Waals surface area contributed by atoms with E-state index in [9.17, 15) is 31.1 Å². The Labute approximate surface area is 179 Å². The van der Waals surface area contributed by atoms with Crippen molar-refractivity contribution in [3.8, 4) is 11.5 Å². The predicted octanol–water partition coefficient (Wildman–Crippen LogP) is 4.59. The molecule has 0 spiro atoms. The van der Waals surface area contributed by atoms with Crippen molar-refractivity contribution in [2.75, 3.05) is 20.4 Å². The second kappa shape index (κ2) is 8.89. The van der Waals surface area contributed by atoms with Crippen LogP contribution < -0.4 is 14.8 Å². The van der Waals surface area contributed by atoms with Crippen LogP contribution in [0.25, 0.3) is 0 Å². The van der Waals surface area contributed by atoms with E-state index in [1.54, 1.807) is 0 Å². The number of rotatable bonds is 7. The third-order valence-corrected chi connectivity index (χ3v) is 5.10. The van der Waals surface area contributed by atoms with E-state index in [-0.39, 0.29) is 30.9 Å². The number of fused-ring (bicyclic) bond motifs is 1. The van der Waals surface area contributed by atoms with Crippen molar-refractivity contribution < 1.29 is 45.3 Å². The Kier molecular flexibility index (Phi) is 6.59. The third kappa shape index (κ3) is 4.93. The number of nitrogens with one attached hydrogen (secondary N) is 1. The molecule has 174 valence electrons. The average molecular weight is 463 g/mol. The molecule has 1 heterocycles. The summed E-state index contributed by atoms with van der Waals surface area (Å²) >= 11 is 0. The molecule has 0 fully saturated rings. The van der Waals surface area contributed by atoms with Crippen molar-refractivity contribution in [2.24, 2.45) is 0 Å². The van der Waals surface area contributed by atoms with E-state index in [0.29, 0.717) is 11.3 Å². The van der Waals surface area contributed by atoms with Crippen LogP contribution >= 0.6 is 0 Å². The number of hydrogen-bond donors (Lipinski definition) is 1. The molecule has 32 heavy (non-hydrogen) atoms. The first-order chi connectivity index (χ1) is 15.0. The highest BCUT2D eigenvalue weighted by Gasteiger charge is 2.57. The van der Waals surface area contributed by atoms with Gasteiger partial charge in [-0.05, 0) is 41.8 Å². The summed E-state index contributed by atoms with van der Waals surface area (Å²) in [6, 6.07) is 7.85. The number of alkyl halides is 6. The number of carbonyl (C=O) groups excluding carboxylic acids is 1. The van der Waals surface area contributed by atoms with Crippen LogP contribution in [0, 0.1) is 0 Å². The van der Waals surface area contributed by atoms with Crippen LogP contribution in [0.4, 0.5) is 26.3 Å². The molecule has 1 atom stereocenters. The number of aryl methyl sites for hydroxylation is 1. The third-order valence-electron chi connectivity index (χ3n) is 5.10. The molecule has 0 bridgehead atoms. The normalized spacial score (nSPS) is 15.3. The molecule has 11 heteroatoms. The number of halogens is 6. The zero-order chi connectivity index (χ0) is 23.6. The first-order valence-corrected chi connectivity index (χ1v) is 9.41.